The summed E-state index contributed by atoms with van der Waals surface area (Å²) in [6.07, 6.45) is 8.76. The first kappa shape index (κ1) is 28.2. The molecule has 0 aliphatic carbocycles. The van der Waals surface area contributed by atoms with Crippen molar-refractivity contribution >= 4 is 68.5 Å². The first-order chi connectivity index (χ1) is 22.7. The van der Waals surface area contributed by atoms with Crippen LogP contribution >= 0.6 is 22.7 Å². The molecule has 0 nitrogen and oxygen atoms in total. The lowest BCUT2D eigenvalue weighted by molar-refractivity contribution is 1.65. The van der Waals surface area contributed by atoms with Gasteiger partial charge in [-0.3, -0.25) is 0 Å². The zero-order chi connectivity index (χ0) is 30.7. The average molecular weight is 623 g/mol. The first-order valence-electron chi connectivity index (χ1n) is 15.5. The molecule has 0 unspecified atom stereocenters. The van der Waals surface area contributed by atoms with E-state index in [-0.39, 0.29) is 0 Å². The molecule has 0 amide bonds. The minimum Gasteiger partial charge on any atom is -0.134 e. The summed E-state index contributed by atoms with van der Waals surface area (Å²) < 4.78 is 0. The van der Waals surface area contributed by atoms with Crippen molar-refractivity contribution in [2.75, 3.05) is 0 Å². The van der Waals surface area contributed by atoms with Crippen LogP contribution in [0.5, 0.6) is 0 Å². The molecule has 6 aromatic carbocycles. The van der Waals surface area contributed by atoms with E-state index in [2.05, 4.69) is 182 Å². The van der Waals surface area contributed by atoms with Gasteiger partial charge in [0.1, 0.15) is 0 Å². The third-order valence-electron chi connectivity index (χ3n) is 8.33. The van der Waals surface area contributed by atoms with Crippen LogP contribution in [0.3, 0.4) is 0 Å². The van der Waals surface area contributed by atoms with E-state index in [1.54, 1.807) is 0 Å². The maximum atomic E-state index is 2.25. The van der Waals surface area contributed by atoms with Crippen molar-refractivity contribution in [1.29, 1.82) is 0 Å². The number of hydrogen-bond acceptors (Lipinski definition) is 2. The molecule has 0 aliphatic rings. The van der Waals surface area contributed by atoms with Crippen molar-refractivity contribution in [3.05, 3.63) is 180 Å². The second-order valence-corrected chi connectivity index (χ2v) is 13.6. The molecule has 0 bridgehead atoms. The first-order valence-corrected chi connectivity index (χ1v) is 17.1. The number of rotatable bonds is 7. The summed E-state index contributed by atoms with van der Waals surface area (Å²) in [7, 11) is 0. The zero-order valence-corrected chi connectivity index (χ0v) is 26.8. The summed E-state index contributed by atoms with van der Waals surface area (Å²) in [4.78, 5) is 5.19. The molecule has 46 heavy (non-hydrogen) atoms. The summed E-state index contributed by atoms with van der Waals surface area (Å²) in [5.74, 6) is 0. The Labute approximate surface area is 277 Å². The van der Waals surface area contributed by atoms with Crippen LogP contribution in [0.15, 0.2) is 158 Å². The van der Waals surface area contributed by atoms with E-state index in [4.69, 9.17) is 0 Å². The molecule has 0 saturated heterocycles. The van der Waals surface area contributed by atoms with Gasteiger partial charge >= 0.3 is 0 Å². The van der Waals surface area contributed by atoms with Gasteiger partial charge in [-0.25, -0.2) is 0 Å². The fourth-order valence-electron chi connectivity index (χ4n) is 5.78. The van der Waals surface area contributed by atoms with Gasteiger partial charge in [-0.15, -0.1) is 22.7 Å². The lowest BCUT2D eigenvalue weighted by Crippen LogP contribution is -1.77. The molecule has 8 aromatic rings. The monoisotopic (exact) mass is 622 g/mol. The van der Waals surface area contributed by atoms with E-state index in [1.807, 2.05) is 22.7 Å². The van der Waals surface area contributed by atoms with Crippen LogP contribution in [0.1, 0.15) is 22.3 Å². The van der Waals surface area contributed by atoms with Crippen molar-refractivity contribution in [2.24, 2.45) is 0 Å². The second kappa shape index (κ2) is 12.6. The smallest absolute Gasteiger partial charge is 0.0449 e. The molecule has 0 atom stereocenters. The SMILES string of the molecule is C(=C\c1ccc2ccccc2c1)/c1ccc(-c2ccc(-c3ccc(-c4ccc(/C=C/c5ccc6ccccc6c5)cc4)s3)s2)cc1. The van der Waals surface area contributed by atoms with Crippen LogP contribution < -0.4 is 0 Å². The summed E-state index contributed by atoms with van der Waals surface area (Å²) in [5.41, 5.74) is 7.33. The van der Waals surface area contributed by atoms with Gasteiger partial charge < -0.3 is 0 Å². The molecule has 218 valence electrons. The van der Waals surface area contributed by atoms with Gasteiger partial charge in [-0.05, 0) is 91.3 Å². The Balaban J connectivity index is 0.928. The maximum absolute atomic E-state index is 2.25. The van der Waals surface area contributed by atoms with Crippen LogP contribution in [0.4, 0.5) is 0 Å². The minimum atomic E-state index is 1.20. The molecule has 0 radical (unpaired) electrons. The molecule has 0 spiro atoms. The molecule has 0 saturated carbocycles. The molecular weight excluding hydrogens is 593 g/mol. The van der Waals surface area contributed by atoms with Gasteiger partial charge in [0.25, 0.3) is 0 Å². The molecule has 2 aromatic heterocycles. The van der Waals surface area contributed by atoms with Crippen molar-refractivity contribution in [1.82, 2.24) is 0 Å². The van der Waals surface area contributed by atoms with Crippen LogP contribution in [-0.2, 0) is 0 Å². The largest absolute Gasteiger partial charge is 0.134 e. The maximum Gasteiger partial charge on any atom is 0.0449 e. The van der Waals surface area contributed by atoms with Gasteiger partial charge in [-0.2, -0.15) is 0 Å². The number of fused-ring (bicyclic) bond motifs is 2. The predicted molar refractivity (Wildman–Crippen MR) is 204 cm³/mol. The third-order valence-corrected chi connectivity index (χ3v) is 10.8. The van der Waals surface area contributed by atoms with Crippen molar-refractivity contribution < 1.29 is 0 Å². The van der Waals surface area contributed by atoms with Gasteiger partial charge in [0.2, 0.25) is 0 Å². The molecule has 8 rings (SSSR count). The predicted octanol–water partition coefficient (Wildman–Crippen LogP) is 13.5. The highest BCUT2D eigenvalue weighted by Gasteiger charge is 2.09. The fourth-order valence-corrected chi connectivity index (χ4v) is 7.89. The Kier molecular flexibility index (Phi) is 7.73. The van der Waals surface area contributed by atoms with Crippen LogP contribution in [0.2, 0.25) is 0 Å². The van der Waals surface area contributed by atoms with E-state index < -0.39 is 0 Å². The highest BCUT2D eigenvalue weighted by atomic mass is 32.1. The molecule has 0 aliphatic heterocycles. The summed E-state index contributed by atoms with van der Waals surface area (Å²) in [5, 5.41) is 5.08. The molecular formula is C44H30S2. The quantitative estimate of drug-likeness (QED) is 0.155. The summed E-state index contributed by atoms with van der Waals surface area (Å²) in [6.45, 7) is 0. The lowest BCUT2D eigenvalue weighted by atomic mass is 10.1. The molecule has 0 N–H and O–H groups in total. The second-order valence-electron chi connectivity index (χ2n) is 11.5. The van der Waals surface area contributed by atoms with E-state index in [0.29, 0.717) is 0 Å². The van der Waals surface area contributed by atoms with Crippen LogP contribution in [0.25, 0.3) is 76.5 Å². The Morgan fingerprint density at radius 1 is 0.283 bits per heavy atom. The van der Waals surface area contributed by atoms with Gasteiger partial charge in [0.05, 0.1) is 0 Å². The Bertz CT molecular complexity index is 2180. The highest BCUT2D eigenvalue weighted by molar-refractivity contribution is 7.25. The van der Waals surface area contributed by atoms with Crippen LogP contribution in [0, 0.1) is 0 Å². The Morgan fingerprint density at radius 2 is 0.630 bits per heavy atom. The van der Waals surface area contributed by atoms with E-state index >= 15 is 0 Å². The van der Waals surface area contributed by atoms with E-state index in [9.17, 15) is 0 Å². The molecule has 2 heteroatoms. The van der Waals surface area contributed by atoms with E-state index in [0.717, 1.165) is 0 Å². The van der Waals surface area contributed by atoms with E-state index in [1.165, 1.54) is 74.4 Å². The number of benzene rings is 6. The number of hydrogen-bond donors (Lipinski definition) is 0. The normalized spacial score (nSPS) is 11.7. The van der Waals surface area contributed by atoms with Crippen molar-refractivity contribution in [3.8, 4) is 30.6 Å². The van der Waals surface area contributed by atoms with Gasteiger partial charge in [-0.1, -0.05) is 146 Å². The highest BCUT2D eigenvalue weighted by Crippen LogP contribution is 2.40. The zero-order valence-electron chi connectivity index (χ0n) is 25.1. The van der Waals surface area contributed by atoms with Crippen LogP contribution in [-0.4, -0.2) is 0 Å². The lowest BCUT2D eigenvalue weighted by Gasteiger charge is -2.01. The van der Waals surface area contributed by atoms with Crippen molar-refractivity contribution in [2.45, 2.75) is 0 Å². The van der Waals surface area contributed by atoms with Gasteiger partial charge in [0.15, 0.2) is 0 Å². The minimum absolute atomic E-state index is 1.20. The van der Waals surface area contributed by atoms with Gasteiger partial charge in [0, 0.05) is 19.5 Å². The summed E-state index contributed by atoms with van der Waals surface area (Å²) >= 11 is 3.71. The molecule has 2 heterocycles. The fraction of sp³-hybridized carbons (Fsp3) is 0. The topological polar surface area (TPSA) is 0 Å². The summed E-state index contributed by atoms with van der Waals surface area (Å²) in [6, 6.07) is 56.9. The standard InChI is InChI=1S/C44H30S2/c1-3-7-39-29-33(17-19-35(39)5-1)11-9-31-13-21-37(22-14-31)41-25-27-43(45-41)44-28-26-42(46-44)38-23-15-32(16-24-38)10-12-34-18-20-36-6-2-4-8-40(36)30-34/h1-30H/b11-9+,12-10+. The molecule has 0 fully saturated rings. The average Bonchev–Trinajstić information content (AvgIpc) is 3.81. The van der Waals surface area contributed by atoms with Crippen molar-refractivity contribution in [3.63, 3.8) is 0 Å². The Hall–Kier alpha value is -5.28. The number of thiophene rings is 2. The Morgan fingerprint density at radius 3 is 1.07 bits per heavy atom. The third kappa shape index (κ3) is 6.14.